The molecule has 0 aliphatic carbocycles. The van der Waals surface area contributed by atoms with E-state index >= 15 is 4.39 Å². The predicted octanol–water partition coefficient (Wildman–Crippen LogP) is 2.83. The van der Waals surface area contributed by atoms with Crippen molar-refractivity contribution in [1.29, 1.82) is 0 Å². The van der Waals surface area contributed by atoms with E-state index in [0.717, 1.165) is 18.2 Å². The second kappa shape index (κ2) is 10.2. The summed E-state index contributed by atoms with van der Waals surface area (Å²) in [6.07, 6.45) is 1.58. The van der Waals surface area contributed by atoms with Gasteiger partial charge in [0.25, 0.3) is 10.0 Å². The zero-order chi connectivity index (χ0) is 26.0. The Bertz CT molecular complexity index is 1480. The first-order chi connectivity index (χ1) is 17.1. The molecule has 1 aliphatic heterocycles. The smallest absolute Gasteiger partial charge is 0.265 e. The number of ether oxygens (including phenoxy) is 1. The lowest BCUT2D eigenvalue weighted by Gasteiger charge is -2.13. The highest BCUT2D eigenvalue weighted by atomic mass is 35.5. The minimum absolute atomic E-state index is 0.0269. The topological polar surface area (TPSA) is 134 Å². The normalized spacial score (nSPS) is 15.3. The van der Waals surface area contributed by atoms with Gasteiger partial charge in [-0.2, -0.15) is 0 Å². The van der Waals surface area contributed by atoms with Crippen molar-refractivity contribution < 1.29 is 32.1 Å². The monoisotopic (exact) mass is 536 g/mol. The lowest BCUT2D eigenvalue weighted by Crippen LogP contribution is -2.20. The van der Waals surface area contributed by atoms with Crippen molar-refractivity contribution in [1.82, 2.24) is 9.97 Å². The van der Waals surface area contributed by atoms with E-state index in [0.29, 0.717) is 0 Å². The van der Waals surface area contributed by atoms with Crippen LogP contribution in [0.2, 0.25) is 5.02 Å². The maximum absolute atomic E-state index is 15.1. The molecule has 1 aromatic heterocycles. The van der Waals surface area contributed by atoms with Crippen molar-refractivity contribution in [2.24, 2.45) is 0 Å². The summed E-state index contributed by atoms with van der Waals surface area (Å²) in [5, 5.41) is 21.9. The van der Waals surface area contributed by atoms with Crippen LogP contribution < -0.4 is 14.8 Å². The van der Waals surface area contributed by atoms with Crippen molar-refractivity contribution in [3.05, 3.63) is 70.0 Å². The summed E-state index contributed by atoms with van der Waals surface area (Å²) >= 11 is 6.00. The maximum atomic E-state index is 15.1. The molecular formula is C23H19ClF2N4O5S. The highest BCUT2D eigenvalue weighted by Crippen LogP contribution is 2.40. The van der Waals surface area contributed by atoms with Crippen LogP contribution in [-0.4, -0.2) is 47.9 Å². The average Bonchev–Trinajstić information content (AvgIpc) is 3.21. The van der Waals surface area contributed by atoms with E-state index < -0.39 is 43.9 Å². The molecule has 4 rings (SSSR count). The lowest BCUT2D eigenvalue weighted by atomic mass is 10.1. The zero-order valence-corrected chi connectivity index (χ0v) is 20.2. The van der Waals surface area contributed by atoms with Crippen molar-refractivity contribution in [3.8, 4) is 17.6 Å². The SMILES string of the molecule is C[C@H](CO)Nc1ncc(C#Cc2c(F)ccc(NS(=O)(=O)c3cc(Cl)cc4c3OCC4O)c2F)cn1. The summed E-state index contributed by atoms with van der Waals surface area (Å²) < 4.78 is 62.8. The number of nitrogens with zero attached hydrogens (tertiary/aromatic N) is 2. The molecule has 0 amide bonds. The number of benzene rings is 2. The Hall–Kier alpha value is -3.50. The highest BCUT2D eigenvalue weighted by molar-refractivity contribution is 7.92. The average molecular weight is 537 g/mol. The number of aromatic nitrogens is 2. The number of hydrogen-bond donors (Lipinski definition) is 4. The molecule has 0 radical (unpaired) electrons. The third kappa shape index (κ3) is 5.34. The van der Waals surface area contributed by atoms with Crippen LogP contribution in [0.25, 0.3) is 0 Å². The highest BCUT2D eigenvalue weighted by Gasteiger charge is 2.31. The van der Waals surface area contributed by atoms with E-state index in [4.69, 9.17) is 21.4 Å². The van der Waals surface area contributed by atoms with Gasteiger partial charge < -0.3 is 20.3 Å². The van der Waals surface area contributed by atoms with Crippen molar-refractivity contribution >= 4 is 33.3 Å². The number of aliphatic hydroxyl groups excluding tert-OH is 2. The summed E-state index contributed by atoms with van der Waals surface area (Å²) in [5.41, 5.74) is -0.800. The van der Waals surface area contributed by atoms with Crippen molar-refractivity contribution in [2.45, 2.75) is 24.0 Å². The summed E-state index contributed by atoms with van der Waals surface area (Å²) in [6.45, 7) is 1.43. The standard InChI is InChI=1S/C23H19ClF2N4O5S/c1-12(10-31)29-23-27-8-13(9-28-23)2-3-15-17(25)4-5-18(21(15)26)30-36(33,34)20-7-14(24)6-16-19(32)11-35-22(16)20/h4-9,12,19,30-32H,10-11H2,1H3,(H,27,28,29)/t12-,19?/m1/s1. The number of fused-ring (bicyclic) bond motifs is 1. The number of rotatable bonds is 6. The fourth-order valence-corrected chi connectivity index (χ4v) is 4.81. The third-order valence-electron chi connectivity index (χ3n) is 5.05. The van der Waals surface area contributed by atoms with E-state index in [2.05, 4.69) is 31.8 Å². The number of sulfonamides is 1. The summed E-state index contributed by atoms with van der Waals surface area (Å²) in [4.78, 5) is 7.61. The number of aliphatic hydroxyl groups is 2. The largest absolute Gasteiger partial charge is 0.489 e. The molecule has 2 aromatic carbocycles. The molecule has 9 nitrogen and oxygen atoms in total. The Labute approximate surface area is 210 Å². The van der Waals surface area contributed by atoms with Crippen LogP contribution in [-0.2, 0) is 10.0 Å². The predicted molar refractivity (Wildman–Crippen MR) is 127 cm³/mol. The third-order valence-corrected chi connectivity index (χ3v) is 6.64. The maximum Gasteiger partial charge on any atom is 0.265 e. The van der Waals surface area contributed by atoms with Gasteiger partial charge in [0.05, 0.1) is 23.4 Å². The minimum Gasteiger partial charge on any atom is -0.489 e. The first kappa shape index (κ1) is 25.6. The molecule has 3 aromatic rings. The Kier molecular flexibility index (Phi) is 7.28. The van der Waals surface area contributed by atoms with Gasteiger partial charge in [-0.3, -0.25) is 4.72 Å². The molecule has 1 aliphatic rings. The van der Waals surface area contributed by atoms with Crippen LogP contribution in [0.1, 0.15) is 29.7 Å². The second-order valence-corrected chi connectivity index (χ2v) is 9.90. The van der Waals surface area contributed by atoms with Gasteiger partial charge in [0.2, 0.25) is 5.95 Å². The molecule has 2 atom stereocenters. The van der Waals surface area contributed by atoms with Gasteiger partial charge in [-0.1, -0.05) is 23.4 Å². The number of halogens is 3. The van der Waals surface area contributed by atoms with E-state index in [1.807, 2.05) is 0 Å². The molecular weight excluding hydrogens is 518 g/mol. The van der Waals surface area contributed by atoms with Crippen LogP contribution in [0.4, 0.5) is 20.4 Å². The van der Waals surface area contributed by atoms with Crippen LogP contribution in [0.5, 0.6) is 5.75 Å². The number of hydrogen-bond acceptors (Lipinski definition) is 8. The van der Waals surface area contributed by atoms with E-state index in [-0.39, 0.29) is 47.1 Å². The van der Waals surface area contributed by atoms with Gasteiger partial charge in [0, 0.05) is 29.0 Å². The lowest BCUT2D eigenvalue weighted by molar-refractivity contribution is 0.140. The summed E-state index contributed by atoms with van der Waals surface area (Å²) in [7, 11) is -4.45. The van der Waals surface area contributed by atoms with Gasteiger partial charge in [-0.25, -0.2) is 27.2 Å². The second-order valence-electron chi connectivity index (χ2n) is 7.81. The zero-order valence-electron chi connectivity index (χ0n) is 18.6. The first-order valence-electron chi connectivity index (χ1n) is 10.5. The fourth-order valence-electron chi connectivity index (χ4n) is 3.26. The van der Waals surface area contributed by atoms with Crippen LogP contribution in [0, 0.1) is 23.5 Å². The molecule has 0 saturated heterocycles. The van der Waals surface area contributed by atoms with Gasteiger partial charge >= 0.3 is 0 Å². The molecule has 0 saturated carbocycles. The molecule has 0 bridgehead atoms. The van der Waals surface area contributed by atoms with E-state index in [1.165, 1.54) is 18.5 Å². The minimum atomic E-state index is -4.45. The number of nitrogens with one attached hydrogen (secondary N) is 2. The molecule has 188 valence electrons. The van der Waals surface area contributed by atoms with Crippen LogP contribution in [0.3, 0.4) is 0 Å². The van der Waals surface area contributed by atoms with Gasteiger partial charge in [0.1, 0.15) is 29.2 Å². The van der Waals surface area contributed by atoms with Crippen LogP contribution >= 0.6 is 11.6 Å². The summed E-state index contributed by atoms with van der Waals surface area (Å²) in [6, 6.07) is 3.98. The van der Waals surface area contributed by atoms with Gasteiger partial charge in [0.15, 0.2) is 5.82 Å². The molecule has 0 fully saturated rings. The van der Waals surface area contributed by atoms with Crippen molar-refractivity contribution in [2.75, 3.05) is 23.3 Å². The molecule has 13 heteroatoms. The van der Waals surface area contributed by atoms with Gasteiger partial charge in [-0.05, 0) is 31.2 Å². The van der Waals surface area contributed by atoms with Crippen molar-refractivity contribution in [3.63, 3.8) is 0 Å². The Morgan fingerprint density at radius 2 is 1.97 bits per heavy atom. The molecule has 0 spiro atoms. The number of anilines is 2. The molecule has 2 heterocycles. The van der Waals surface area contributed by atoms with E-state index in [9.17, 15) is 17.9 Å². The molecule has 36 heavy (non-hydrogen) atoms. The van der Waals surface area contributed by atoms with Gasteiger partial charge in [-0.15, -0.1) is 0 Å². The Balaban J connectivity index is 1.62. The van der Waals surface area contributed by atoms with Crippen LogP contribution in [0.15, 0.2) is 41.6 Å². The first-order valence-corrected chi connectivity index (χ1v) is 12.3. The Morgan fingerprint density at radius 1 is 1.25 bits per heavy atom. The fraction of sp³-hybridized carbons (Fsp3) is 0.217. The van der Waals surface area contributed by atoms with E-state index in [1.54, 1.807) is 6.92 Å². The quantitative estimate of drug-likeness (QED) is 0.353. The summed E-state index contributed by atoms with van der Waals surface area (Å²) in [5.74, 6) is 2.76. The molecule has 1 unspecified atom stereocenters. The molecule has 4 N–H and O–H groups in total. The Morgan fingerprint density at radius 3 is 2.67 bits per heavy atom.